The van der Waals surface area contributed by atoms with Gasteiger partial charge in [0.1, 0.15) is 11.6 Å². The molecule has 0 atom stereocenters. The third-order valence-electron chi connectivity index (χ3n) is 3.03. The number of thioether (sulfide) groups is 1. The van der Waals surface area contributed by atoms with Gasteiger partial charge >= 0.3 is 6.55 Å². The third-order valence-corrected chi connectivity index (χ3v) is 5.00. The Morgan fingerprint density at radius 3 is 2.79 bits per heavy atom. The molecular formula is C14H13F2N5OS2. The van der Waals surface area contributed by atoms with Crippen LogP contribution in [0.5, 0.6) is 5.75 Å². The summed E-state index contributed by atoms with van der Waals surface area (Å²) in [6.45, 7) is -2.59. The number of ether oxygens (including phenoxy) is 1. The fourth-order valence-corrected chi connectivity index (χ4v) is 3.60. The van der Waals surface area contributed by atoms with Crippen LogP contribution in [0.3, 0.4) is 0 Å². The smallest absolute Gasteiger partial charge is 0.319 e. The van der Waals surface area contributed by atoms with Crippen LogP contribution in [0.25, 0.3) is 0 Å². The highest BCUT2D eigenvalue weighted by Crippen LogP contribution is 2.30. The maximum absolute atomic E-state index is 12.8. The van der Waals surface area contributed by atoms with E-state index in [1.54, 1.807) is 7.11 Å². The molecule has 0 aliphatic rings. The lowest BCUT2D eigenvalue weighted by atomic mass is 10.3. The van der Waals surface area contributed by atoms with Gasteiger partial charge in [-0.3, -0.25) is 4.57 Å². The highest BCUT2D eigenvalue weighted by molar-refractivity contribution is 8.00. The SMILES string of the molecule is COc1ccc(Nc2nnc(SCc3nccn3C(F)F)s2)cc1. The van der Waals surface area contributed by atoms with Crippen molar-refractivity contribution in [3.8, 4) is 5.75 Å². The summed E-state index contributed by atoms with van der Waals surface area (Å²) in [6.07, 6.45) is 2.62. The van der Waals surface area contributed by atoms with Crippen LogP contribution in [0.1, 0.15) is 12.4 Å². The first-order valence-corrected chi connectivity index (χ1v) is 8.63. The van der Waals surface area contributed by atoms with E-state index in [4.69, 9.17) is 4.74 Å². The van der Waals surface area contributed by atoms with Crippen LogP contribution >= 0.6 is 23.1 Å². The summed E-state index contributed by atoms with van der Waals surface area (Å²) < 4.78 is 32.1. The summed E-state index contributed by atoms with van der Waals surface area (Å²) >= 11 is 2.66. The van der Waals surface area contributed by atoms with E-state index in [-0.39, 0.29) is 0 Å². The van der Waals surface area contributed by atoms with E-state index in [9.17, 15) is 8.78 Å². The van der Waals surface area contributed by atoms with E-state index in [0.29, 0.717) is 21.0 Å². The Morgan fingerprint density at radius 2 is 2.08 bits per heavy atom. The number of nitrogens with one attached hydrogen (secondary N) is 1. The summed E-state index contributed by atoms with van der Waals surface area (Å²) in [5.74, 6) is 1.37. The molecule has 2 heterocycles. The first kappa shape index (κ1) is 16.7. The van der Waals surface area contributed by atoms with Gasteiger partial charge in [-0.15, -0.1) is 10.2 Å². The minimum Gasteiger partial charge on any atom is -0.497 e. The molecule has 0 radical (unpaired) electrons. The van der Waals surface area contributed by atoms with Crippen LogP contribution in [0.4, 0.5) is 19.6 Å². The highest BCUT2D eigenvalue weighted by atomic mass is 32.2. The van der Waals surface area contributed by atoms with Crippen molar-refractivity contribution in [1.82, 2.24) is 19.7 Å². The van der Waals surface area contributed by atoms with Crippen molar-refractivity contribution >= 4 is 33.9 Å². The fraction of sp³-hybridized carbons (Fsp3) is 0.214. The molecule has 0 aliphatic carbocycles. The van der Waals surface area contributed by atoms with Crippen LogP contribution < -0.4 is 10.1 Å². The van der Waals surface area contributed by atoms with Crippen LogP contribution in [0.2, 0.25) is 0 Å². The van der Waals surface area contributed by atoms with Gasteiger partial charge in [0.15, 0.2) is 4.34 Å². The van der Waals surface area contributed by atoms with Crippen molar-refractivity contribution in [2.24, 2.45) is 0 Å². The van der Waals surface area contributed by atoms with Gasteiger partial charge in [-0.25, -0.2) is 4.98 Å². The predicted molar refractivity (Wildman–Crippen MR) is 89.2 cm³/mol. The molecule has 0 amide bonds. The van der Waals surface area contributed by atoms with E-state index in [2.05, 4.69) is 20.5 Å². The summed E-state index contributed by atoms with van der Waals surface area (Å²) in [6, 6.07) is 7.41. The van der Waals surface area contributed by atoms with Crippen molar-refractivity contribution in [3.63, 3.8) is 0 Å². The van der Waals surface area contributed by atoms with Gasteiger partial charge in [-0.05, 0) is 24.3 Å². The number of anilines is 2. The van der Waals surface area contributed by atoms with Crippen molar-refractivity contribution in [3.05, 3.63) is 42.5 Å². The lowest BCUT2D eigenvalue weighted by Crippen LogP contribution is -2.01. The number of halogens is 2. The summed E-state index contributed by atoms with van der Waals surface area (Å²) in [5.41, 5.74) is 0.858. The zero-order valence-electron chi connectivity index (χ0n) is 12.5. The molecule has 0 bridgehead atoms. The third kappa shape index (κ3) is 4.01. The number of nitrogens with zero attached hydrogens (tertiary/aromatic N) is 4. The number of hydrogen-bond donors (Lipinski definition) is 1. The molecule has 10 heteroatoms. The maximum atomic E-state index is 12.8. The number of rotatable bonds is 7. The number of benzene rings is 1. The molecule has 0 spiro atoms. The molecule has 0 unspecified atom stereocenters. The topological polar surface area (TPSA) is 64.9 Å². The van der Waals surface area contributed by atoms with Gasteiger partial charge in [-0.2, -0.15) is 8.78 Å². The Hall–Kier alpha value is -2.20. The zero-order valence-corrected chi connectivity index (χ0v) is 14.2. The van der Waals surface area contributed by atoms with Crippen molar-refractivity contribution in [2.75, 3.05) is 12.4 Å². The zero-order chi connectivity index (χ0) is 16.9. The molecule has 0 saturated carbocycles. The minimum atomic E-state index is -2.59. The molecule has 2 aromatic heterocycles. The molecule has 126 valence electrons. The second-order valence-electron chi connectivity index (χ2n) is 4.54. The molecule has 24 heavy (non-hydrogen) atoms. The molecule has 1 aromatic carbocycles. The fourth-order valence-electron chi connectivity index (χ4n) is 1.88. The highest BCUT2D eigenvalue weighted by Gasteiger charge is 2.13. The number of alkyl halides is 2. The van der Waals surface area contributed by atoms with Crippen molar-refractivity contribution in [1.29, 1.82) is 0 Å². The standard InChI is InChI=1S/C14H13F2N5OS2/c1-22-10-4-2-9(3-5-10)18-13-19-20-14(24-13)23-8-11-17-6-7-21(11)12(15)16/h2-7,12H,8H2,1H3,(H,18,19). The lowest BCUT2D eigenvalue weighted by Gasteiger charge is -2.04. The Kier molecular flexibility index (Phi) is 5.26. The second-order valence-corrected chi connectivity index (χ2v) is 6.74. The monoisotopic (exact) mass is 369 g/mol. The van der Waals surface area contributed by atoms with Crippen LogP contribution in [-0.4, -0.2) is 26.9 Å². The van der Waals surface area contributed by atoms with Gasteiger partial charge < -0.3 is 10.1 Å². The molecule has 0 aliphatic heterocycles. The number of aromatic nitrogens is 4. The largest absolute Gasteiger partial charge is 0.497 e. The summed E-state index contributed by atoms with van der Waals surface area (Å²) in [4.78, 5) is 3.93. The average Bonchev–Trinajstić information content (AvgIpc) is 3.22. The van der Waals surface area contributed by atoms with E-state index in [0.717, 1.165) is 16.0 Å². The van der Waals surface area contributed by atoms with E-state index >= 15 is 0 Å². The lowest BCUT2D eigenvalue weighted by molar-refractivity contribution is 0.0678. The quantitative estimate of drug-likeness (QED) is 0.631. The van der Waals surface area contributed by atoms with Crippen molar-refractivity contribution < 1.29 is 13.5 Å². The van der Waals surface area contributed by atoms with E-state index in [1.165, 1.54) is 35.5 Å². The molecule has 0 saturated heterocycles. The first-order chi connectivity index (χ1) is 11.7. The number of imidazole rings is 1. The number of hydrogen-bond acceptors (Lipinski definition) is 7. The second kappa shape index (κ2) is 7.58. The number of methoxy groups -OCH3 is 1. The molecule has 3 rings (SSSR count). The van der Waals surface area contributed by atoms with Gasteiger partial charge in [-0.1, -0.05) is 23.1 Å². The summed E-state index contributed by atoms with van der Waals surface area (Å²) in [5, 5.41) is 11.8. The molecule has 6 nitrogen and oxygen atoms in total. The molecular weight excluding hydrogens is 356 g/mol. The average molecular weight is 369 g/mol. The van der Waals surface area contributed by atoms with Crippen molar-refractivity contribution in [2.45, 2.75) is 16.6 Å². The predicted octanol–water partition coefficient (Wildman–Crippen LogP) is 4.17. The Bertz CT molecular complexity index is 791. The Labute approximate surface area is 144 Å². The van der Waals surface area contributed by atoms with E-state index < -0.39 is 6.55 Å². The van der Waals surface area contributed by atoms with E-state index in [1.807, 2.05) is 24.3 Å². The van der Waals surface area contributed by atoms with Gasteiger partial charge in [0.25, 0.3) is 0 Å². The Balaban J connectivity index is 1.59. The minimum absolute atomic E-state index is 0.300. The molecule has 1 N–H and O–H groups in total. The van der Waals surface area contributed by atoms with Gasteiger partial charge in [0.05, 0.1) is 12.9 Å². The summed E-state index contributed by atoms with van der Waals surface area (Å²) in [7, 11) is 1.61. The van der Waals surface area contributed by atoms with Gasteiger partial charge in [0, 0.05) is 18.1 Å². The normalized spacial score (nSPS) is 11.0. The van der Waals surface area contributed by atoms with Crippen LogP contribution in [0.15, 0.2) is 41.0 Å². The molecule has 0 fully saturated rings. The van der Waals surface area contributed by atoms with Crippen LogP contribution in [-0.2, 0) is 5.75 Å². The molecule has 3 aromatic rings. The Morgan fingerprint density at radius 1 is 1.29 bits per heavy atom. The maximum Gasteiger partial charge on any atom is 0.319 e. The first-order valence-electron chi connectivity index (χ1n) is 6.83. The van der Waals surface area contributed by atoms with Gasteiger partial charge in [0.2, 0.25) is 5.13 Å². The van der Waals surface area contributed by atoms with Crippen LogP contribution in [0, 0.1) is 0 Å².